The zero-order valence-corrected chi connectivity index (χ0v) is 7.13. The first-order chi connectivity index (χ1) is 5.77. The van der Waals surface area contributed by atoms with Gasteiger partial charge < -0.3 is 0 Å². The molecule has 1 aliphatic carbocycles. The van der Waals surface area contributed by atoms with Crippen LogP contribution in [0.3, 0.4) is 0 Å². The van der Waals surface area contributed by atoms with E-state index in [0.29, 0.717) is 0 Å². The fourth-order valence-corrected chi connectivity index (χ4v) is 1.45. The van der Waals surface area contributed by atoms with Crippen LogP contribution in [0.25, 0.3) is 0 Å². The second kappa shape index (κ2) is 2.44. The van der Waals surface area contributed by atoms with E-state index >= 15 is 0 Å². The summed E-state index contributed by atoms with van der Waals surface area (Å²) in [5, 5.41) is 0. The van der Waals surface area contributed by atoms with E-state index in [0.717, 1.165) is 18.4 Å². The van der Waals surface area contributed by atoms with Gasteiger partial charge in [0.25, 0.3) is 0 Å². The van der Waals surface area contributed by atoms with Crippen LogP contribution in [-0.4, -0.2) is 6.29 Å². The number of benzene rings is 1. The van der Waals surface area contributed by atoms with Gasteiger partial charge in [0.2, 0.25) is 6.29 Å². The second-order valence-corrected chi connectivity index (χ2v) is 3.55. The first kappa shape index (κ1) is 7.53. The molecule has 0 N–H and O–H groups in total. The van der Waals surface area contributed by atoms with E-state index < -0.39 is 0 Å². The molecule has 0 spiro atoms. The van der Waals surface area contributed by atoms with Gasteiger partial charge in [0, 0.05) is 0 Å². The van der Waals surface area contributed by atoms with Crippen LogP contribution in [0.15, 0.2) is 24.3 Å². The molecule has 2 rings (SSSR count). The third-order valence-corrected chi connectivity index (χ3v) is 2.55. The van der Waals surface area contributed by atoms with Crippen LogP contribution < -0.4 is 0 Å². The Morgan fingerprint density at radius 2 is 1.83 bits per heavy atom. The molecule has 0 bridgehead atoms. The number of rotatable bonds is 2. The Bertz CT molecular complexity index is 293. The van der Waals surface area contributed by atoms with Crippen LogP contribution in [0.4, 0.5) is 0 Å². The standard InChI is InChI=1S/C11H11O/c1-9-2-4-10(5-3-9)11(8-12)6-7-11/h2-5H,6-7H2,1H3. The molecule has 1 aromatic rings. The molecule has 61 valence electrons. The van der Waals surface area contributed by atoms with Crippen molar-refractivity contribution in [1.29, 1.82) is 0 Å². The van der Waals surface area contributed by atoms with Crippen LogP contribution >= 0.6 is 0 Å². The smallest absolute Gasteiger partial charge is 0.209 e. The van der Waals surface area contributed by atoms with Crippen LogP contribution in [-0.2, 0) is 10.2 Å². The molecular formula is C11H11O. The minimum Gasteiger partial charge on any atom is -0.290 e. The lowest BCUT2D eigenvalue weighted by Crippen LogP contribution is -2.06. The van der Waals surface area contributed by atoms with E-state index in [-0.39, 0.29) is 5.41 Å². The minimum atomic E-state index is -0.228. The summed E-state index contributed by atoms with van der Waals surface area (Å²) in [6.07, 6.45) is 4.08. The average molecular weight is 159 g/mol. The highest BCUT2D eigenvalue weighted by molar-refractivity contribution is 5.73. The molecule has 0 heterocycles. The van der Waals surface area contributed by atoms with Crippen molar-refractivity contribution in [3.05, 3.63) is 35.4 Å². The van der Waals surface area contributed by atoms with E-state index in [2.05, 4.69) is 6.29 Å². The number of hydrogen-bond acceptors (Lipinski definition) is 1. The molecule has 0 aliphatic heterocycles. The van der Waals surface area contributed by atoms with Gasteiger partial charge in [0.15, 0.2) is 0 Å². The predicted octanol–water partition coefficient (Wildman–Crippen LogP) is 2.14. The highest BCUT2D eigenvalue weighted by Crippen LogP contribution is 2.46. The third-order valence-electron chi connectivity index (χ3n) is 2.55. The molecule has 1 nitrogen and oxygen atoms in total. The maximum Gasteiger partial charge on any atom is 0.209 e. The summed E-state index contributed by atoms with van der Waals surface area (Å²) < 4.78 is 0. The van der Waals surface area contributed by atoms with Gasteiger partial charge in [-0.3, -0.25) is 4.79 Å². The van der Waals surface area contributed by atoms with E-state index in [1.54, 1.807) is 0 Å². The highest BCUT2D eigenvalue weighted by atomic mass is 16.1. The summed E-state index contributed by atoms with van der Waals surface area (Å²) in [6.45, 7) is 2.05. The van der Waals surface area contributed by atoms with Gasteiger partial charge in [-0.05, 0) is 25.3 Å². The summed E-state index contributed by atoms with van der Waals surface area (Å²) in [5.41, 5.74) is 2.14. The molecule has 1 saturated carbocycles. The van der Waals surface area contributed by atoms with Crippen LogP contribution in [0, 0.1) is 6.92 Å². The lowest BCUT2D eigenvalue weighted by molar-refractivity contribution is 0.540. The summed E-state index contributed by atoms with van der Waals surface area (Å²) in [5.74, 6) is 0. The Labute approximate surface area is 72.4 Å². The van der Waals surface area contributed by atoms with Crippen molar-refractivity contribution >= 4 is 6.29 Å². The Balaban J connectivity index is 2.35. The van der Waals surface area contributed by atoms with Crippen molar-refractivity contribution < 1.29 is 4.79 Å². The molecule has 0 unspecified atom stereocenters. The van der Waals surface area contributed by atoms with Crippen molar-refractivity contribution in [3.8, 4) is 0 Å². The maximum absolute atomic E-state index is 10.6. The van der Waals surface area contributed by atoms with E-state index in [1.807, 2.05) is 31.2 Å². The topological polar surface area (TPSA) is 17.1 Å². The van der Waals surface area contributed by atoms with E-state index in [1.165, 1.54) is 5.56 Å². The molecule has 0 aromatic heterocycles. The Morgan fingerprint density at radius 1 is 1.25 bits per heavy atom. The first-order valence-corrected chi connectivity index (χ1v) is 4.23. The molecule has 0 amide bonds. The zero-order valence-electron chi connectivity index (χ0n) is 7.13. The molecule has 1 heteroatoms. The van der Waals surface area contributed by atoms with Gasteiger partial charge in [-0.1, -0.05) is 29.8 Å². The monoisotopic (exact) mass is 159 g/mol. The normalized spacial score (nSPS) is 18.8. The average Bonchev–Trinajstić information content (AvgIpc) is 2.86. The molecule has 1 aromatic carbocycles. The minimum absolute atomic E-state index is 0.228. The number of aryl methyl sites for hydroxylation is 1. The molecule has 1 radical (unpaired) electrons. The van der Waals surface area contributed by atoms with Gasteiger partial charge in [0.05, 0.1) is 5.41 Å². The summed E-state index contributed by atoms with van der Waals surface area (Å²) >= 11 is 0. The largest absolute Gasteiger partial charge is 0.290 e. The van der Waals surface area contributed by atoms with E-state index in [4.69, 9.17) is 0 Å². The quantitative estimate of drug-likeness (QED) is 0.646. The van der Waals surface area contributed by atoms with Gasteiger partial charge in [-0.15, -0.1) is 0 Å². The third kappa shape index (κ3) is 1.06. The van der Waals surface area contributed by atoms with Crippen molar-refractivity contribution in [2.75, 3.05) is 0 Å². The number of carbonyl (C=O) groups excluding carboxylic acids is 1. The predicted molar refractivity (Wildman–Crippen MR) is 47.8 cm³/mol. The summed E-state index contributed by atoms with van der Waals surface area (Å²) in [4.78, 5) is 10.6. The fraction of sp³-hybridized carbons (Fsp3) is 0.364. The van der Waals surface area contributed by atoms with Crippen LogP contribution in [0.1, 0.15) is 24.0 Å². The summed E-state index contributed by atoms with van der Waals surface area (Å²) in [6, 6.07) is 8.17. The maximum atomic E-state index is 10.6. The Kier molecular flexibility index (Phi) is 1.53. The van der Waals surface area contributed by atoms with Gasteiger partial charge in [-0.2, -0.15) is 0 Å². The van der Waals surface area contributed by atoms with Crippen molar-refractivity contribution in [2.45, 2.75) is 25.2 Å². The SMILES string of the molecule is Cc1ccc(C2([C]=O)CC2)cc1. The molecule has 12 heavy (non-hydrogen) atoms. The lowest BCUT2D eigenvalue weighted by atomic mass is 9.97. The van der Waals surface area contributed by atoms with Gasteiger partial charge in [-0.25, -0.2) is 0 Å². The Morgan fingerprint density at radius 3 is 2.25 bits per heavy atom. The van der Waals surface area contributed by atoms with Crippen LogP contribution in [0.2, 0.25) is 0 Å². The second-order valence-electron chi connectivity index (χ2n) is 3.55. The van der Waals surface area contributed by atoms with Gasteiger partial charge in [0.1, 0.15) is 0 Å². The fourth-order valence-electron chi connectivity index (χ4n) is 1.45. The molecular weight excluding hydrogens is 148 g/mol. The number of hydrogen-bond donors (Lipinski definition) is 0. The first-order valence-electron chi connectivity index (χ1n) is 4.23. The highest BCUT2D eigenvalue weighted by Gasteiger charge is 2.45. The molecule has 0 atom stereocenters. The van der Waals surface area contributed by atoms with E-state index in [9.17, 15) is 4.79 Å². The van der Waals surface area contributed by atoms with Crippen molar-refractivity contribution in [1.82, 2.24) is 0 Å². The Hall–Kier alpha value is -1.11. The van der Waals surface area contributed by atoms with Gasteiger partial charge >= 0.3 is 0 Å². The van der Waals surface area contributed by atoms with Crippen LogP contribution in [0.5, 0.6) is 0 Å². The lowest BCUT2D eigenvalue weighted by Gasteiger charge is -2.05. The van der Waals surface area contributed by atoms with Crippen molar-refractivity contribution in [3.63, 3.8) is 0 Å². The van der Waals surface area contributed by atoms with Crippen molar-refractivity contribution in [2.24, 2.45) is 0 Å². The molecule has 1 aliphatic rings. The summed E-state index contributed by atoms with van der Waals surface area (Å²) in [7, 11) is 0. The molecule has 0 saturated heterocycles. The zero-order chi connectivity index (χ0) is 8.60. The molecule has 1 fully saturated rings.